The zero-order valence-electron chi connectivity index (χ0n) is 6.64. The maximum atomic E-state index is 10.3. The standard InChI is InChI=1S/C6H12N2O3/c1-5(9)7-3-11-4-8-6(2)10/h3-4H2,1-2H3,(H,7,9)(H,8,10). The van der Waals surface area contributed by atoms with E-state index in [1.165, 1.54) is 13.8 Å². The van der Waals surface area contributed by atoms with Gasteiger partial charge in [-0.3, -0.25) is 9.59 Å². The number of carbonyl (C=O) groups is 2. The van der Waals surface area contributed by atoms with Gasteiger partial charge in [0, 0.05) is 13.8 Å². The molecular weight excluding hydrogens is 148 g/mol. The molecular formula is C6H12N2O3. The summed E-state index contributed by atoms with van der Waals surface area (Å²) >= 11 is 0. The molecule has 2 amide bonds. The third-order valence-corrected chi connectivity index (χ3v) is 0.846. The number of rotatable bonds is 4. The van der Waals surface area contributed by atoms with Crippen molar-refractivity contribution in [3.63, 3.8) is 0 Å². The Kier molecular flexibility index (Phi) is 5.10. The fraction of sp³-hybridized carbons (Fsp3) is 0.667. The number of nitrogens with one attached hydrogen (secondary N) is 2. The summed E-state index contributed by atoms with van der Waals surface area (Å²) in [7, 11) is 0. The SMILES string of the molecule is CC(=O)NCOCNC(C)=O. The van der Waals surface area contributed by atoms with E-state index in [1.54, 1.807) is 0 Å². The second-order valence-corrected chi connectivity index (χ2v) is 1.96. The molecule has 0 aliphatic carbocycles. The second-order valence-electron chi connectivity index (χ2n) is 1.96. The molecule has 0 bridgehead atoms. The van der Waals surface area contributed by atoms with Crippen molar-refractivity contribution in [2.45, 2.75) is 13.8 Å². The van der Waals surface area contributed by atoms with Gasteiger partial charge in [0.25, 0.3) is 0 Å². The van der Waals surface area contributed by atoms with Crippen LogP contribution < -0.4 is 10.6 Å². The summed E-state index contributed by atoms with van der Waals surface area (Å²) in [6.07, 6.45) is 0. The van der Waals surface area contributed by atoms with Crippen LogP contribution in [0, 0.1) is 0 Å². The summed E-state index contributed by atoms with van der Waals surface area (Å²) in [4.78, 5) is 20.5. The predicted molar refractivity (Wildman–Crippen MR) is 38.5 cm³/mol. The van der Waals surface area contributed by atoms with Crippen molar-refractivity contribution in [3.05, 3.63) is 0 Å². The minimum atomic E-state index is -0.159. The first-order valence-corrected chi connectivity index (χ1v) is 3.19. The van der Waals surface area contributed by atoms with Gasteiger partial charge in [-0.2, -0.15) is 0 Å². The lowest BCUT2D eigenvalue weighted by molar-refractivity contribution is -0.122. The smallest absolute Gasteiger partial charge is 0.218 e. The maximum absolute atomic E-state index is 10.3. The highest BCUT2D eigenvalue weighted by atomic mass is 16.5. The van der Waals surface area contributed by atoms with E-state index in [1.807, 2.05) is 0 Å². The zero-order chi connectivity index (χ0) is 8.69. The second kappa shape index (κ2) is 5.67. The number of ether oxygens (including phenoxy) is 1. The van der Waals surface area contributed by atoms with Crippen LogP contribution in [0.2, 0.25) is 0 Å². The van der Waals surface area contributed by atoms with Crippen LogP contribution in [0.1, 0.15) is 13.8 Å². The Hall–Kier alpha value is -1.10. The van der Waals surface area contributed by atoms with E-state index < -0.39 is 0 Å². The molecule has 0 spiro atoms. The summed E-state index contributed by atoms with van der Waals surface area (Å²) in [5.41, 5.74) is 0. The topological polar surface area (TPSA) is 67.4 Å². The molecule has 0 aromatic carbocycles. The predicted octanol–water partition coefficient (Wildman–Crippen LogP) is -0.810. The Bertz CT molecular complexity index is 131. The monoisotopic (exact) mass is 160 g/mol. The molecule has 0 radical (unpaired) electrons. The lowest BCUT2D eigenvalue weighted by atomic mass is 10.7. The molecule has 0 aromatic rings. The van der Waals surface area contributed by atoms with Gasteiger partial charge in [-0.15, -0.1) is 0 Å². The molecule has 0 aromatic heterocycles. The largest absolute Gasteiger partial charge is 0.341 e. The maximum Gasteiger partial charge on any atom is 0.218 e. The van der Waals surface area contributed by atoms with E-state index in [2.05, 4.69) is 10.6 Å². The van der Waals surface area contributed by atoms with E-state index in [-0.39, 0.29) is 25.3 Å². The van der Waals surface area contributed by atoms with Gasteiger partial charge in [0.1, 0.15) is 13.5 Å². The number of hydrogen-bond donors (Lipinski definition) is 2. The van der Waals surface area contributed by atoms with E-state index in [0.717, 1.165) is 0 Å². The zero-order valence-corrected chi connectivity index (χ0v) is 6.64. The van der Waals surface area contributed by atoms with Gasteiger partial charge in [0.05, 0.1) is 0 Å². The van der Waals surface area contributed by atoms with Gasteiger partial charge in [0.2, 0.25) is 11.8 Å². The van der Waals surface area contributed by atoms with Crippen molar-refractivity contribution >= 4 is 11.8 Å². The van der Waals surface area contributed by atoms with Gasteiger partial charge in [-0.1, -0.05) is 0 Å². The molecule has 0 saturated carbocycles. The van der Waals surface area contributed by atoms with Crippen molar-refractivity contribution in [1.82, 2.24) is 10.6 Å². The third-order valence-electron chi connectivity index (χ3n) is 0.846. The van der Waals surface area contributed by atoms with Crippen LogP contribution in [0.3, 0.4) is 0 Å². The first-order valence-electron chi connectivity index (χ1n) is 3.19. The molecule has 2 N–H and O–H groups in total. The highest BCUT2D eigenvalue weighted by Gasteiger charge is 1.90. The molecule has 0 saturated heterocycles. The molecule has 64 valence electrons. The highest BCUT2D eigenvalue weighted by Crippen LogP contribution is 1.67. The first kappa shape index (κ1) is 9.90. The summed E-state index contributed by atoms with van der Waals surface area (Å²) in [5, 5.41) is 4.81. The van der Waals surface area contributed by atoms with E-state index >= 15 is 0 Å². The van der Waals surface area contributed by atoms with Crippen LogP contribution >= 0.6 is 0 Å². The Balaban J connectivity index is 3.03. The molecule has 0 aliphatic heterocycles. The normalized spacial score (nSPS) is 8.91. The van der Waals surface area contributed by atoms with Gasteiger partial charge in [-0.25, -0.2) is 0 Å². The Morgan fingerprint density at radius 1 is 1.09 bits per heavy atom. The van der Waals surface area contributed by atoms with Gasteiger partial charge in [0.15, 0.2) is 0 Å². The van der Waals surface area contributed by atoms with Crippen LogP contribution in [-0.2, 0) is 14.3 Å². The number of hydrogen-bond acceptors (Lipinski definition) is 3. The summed E-state index contributed by atoms with van der Waals surface area (Å²) in [6.45, 7) is 3.02. The van der Waals surface area contributed by atoms with Gasteiger partial charge in [-0.05, 0) is 0 Å². The Labute approximate surface area is 65.1 Å². The van der Waals surface area contributed by atoms with Crippen LogP contribution in [-0.4, -0.2) is 25.3 Å². The molecule has 0 heterocycles. The van der Waals surface area contributed by atoms with E-state index in [0.29, 0.717) is 0 Å². The molecule has 0 fully saturated rings. The summed E-state index contributed by atoms with van der Waals surface area (Å²) < 4.78 is 4.79. The molecule has 5 nitrogen and oxygen atoms in total. The average molecular weight is 160 g/mol. The quantitative estimate of drug-likeness (QED) is 0.417. The fourth-order valence-electron chi connectivity index (χ4n) is 0.356. The van der Waals surface area contributed by atoms with Gasteiger partial charge < -0.3 is 15.4 Å². The van der Waals surface area contributed by atoms with Crippen molar-refractivity contribution < 1.29 is 14.3 Å². The molecule has 11 heavy (non-hydrogen) atoms. The Morgan fingerprint density at radius 2 is 1.45 bits per heavy atom. The van der Waals surface area contributed by atoms with Crippen LogP contribution in [0.15, 0.2) is 0 Å². The lowest BCUT2D eigenvalue weighted by Crippen LogP contribution is -2.29. The van der Waals surface area contributed by atoms with Crippen LogP contribution in [0.4, 0.5) is 0 Å². The minimum Gasteiger partial charge on any atom is -0.341 e. The van der Waals surface area contributed by atoms with Crippen molar-refractivity contribution in [3.8, 4) is 0 Å². The first-order chi connectivity index (χ1) is 5.13. The van der Waals surface area contributed by atoms with Gasteiger partial charge >= 0.3 is 0 Å². The Morgan fingerprint density at radius 3 is 1.73 bits per heavy atom. The van der Waals surface area contributed by atoms with Crippen molar-refractivity contribution in [2.75, 3.05) is 13.5 Å². The summed E-state index contributed by atoms with van der Waals surface area (Å²) in [6, 6.07) is 0. The highest BCUT2D eigenvalue weighted by molar-refractivity contribution is 5.73. The molecule has 5 heteroatoms. The van der Waals surface area contributed by atoms with E-state index in [4.69, 9.17) is 4.74 Å². The fourth-order valence-corrected chi connectivity index (χ4v) is 0.356. The van der Waals surface area contributed by atoms with Crippen LogP contribution in [0.25, 0.3) is 0 Å². The molecule has 0 rings (SSSR count). The van der Waals surface area contributed by atoms with Crippen molar-refractivity contribution in [1.29, 1.82) is 0 Å². The minimum absolute atomic E-state index is 0.121. The average Bonchev–Trinajstić information content (AvgIpc) is 1.85. The van der Waals surface area contributed by atoms with Crippen molar-refractivity contribution in [2.24, 2.45) is 0 Å². The lowest BCUT2D eigenvalue weighted by Gasteiger charge is -2.03. The summed E-state index contributed by atoms with van der Waals surface area (Å²) in [5.74, 6) is -0.319. The molecule has 0 unspecified atom stereocenters. The van der Waals surface area contributed by atoms with Crippen LogP contribution in [0.5, 0.6) is 0 Å². The third kappa shape index (κ3) is 8.90. The van der Waals surface area contributed by atoms with E-state index in [9.17, 15) is 9.59 Å². The molecule has 0 atom stereocenters. The number of amides is 2. The number of carbonyl (C=O) groups excluding carboxylic acids is 2. The molecule has 0 aliphatic rings.